The van der Waals surface area contributed by atoms with Crippen LogP contribution in [0.2, 0.25) is 0 Å². The first-order chi connectivity index (χ1) is 3.77. The average Bonchev–Trinajstić information content (AvgIpc) is 1.66. The summed E-state index contributed by atoms with van der Waals surface area (Å²) in [4.78, 5) is 12.6. The summed E-state index contributed by atoms with van der Waals surface area (Å²) in [6, 6.07) is 0. The number of carboxylic acid groups (broad SMARTS) is 1. The molecule has 46 valence electrons. The maximum Gasteiger partial charge on any atom is 0.431 e. The lowest BCUT2D eigenvalue weighted by atomic mass is 11.2. The number of amides is 1. The molecular weight excluding hydrogens is 128 g/mol. The van der Waals surface area contributed by atoms with Crippen molar-refractivity contribution in [2.75, 3.05) is 5.88 Å². The minimum atomic E-state index is -1.19. The fourth-order valence-electron chi connectivity index (χ4n) is 0.125. The van der Waals surface area contributed by atoms with Crippen molar-refractivity contribution in [1.82, 2.24) is 0 Å². The largest absolute Gasteiger partial charge is 0.463 e. The van der Waals surface area contributed by atoms with Crippen LogP contribution in [0.25, 0.3) is 0 Å². The molecule has 0 atom stereocenters. The molecule has 0 aliphatic rings. The van der Waals surface area contributed by atoms with Gasteiger partial charge in [-0.1, -0.05) is 11.8 Å². The predicted molar refractivity (Wildman–Crippen MR) is 33.2 cm³/mol. The van der Waals surface area contributed by atoms with Crippen molar-refractivity contribution in [3.63, 3.8) is 0 Å². The van der Waals surface area contributed by atoms with Crippen LogP contribution in [0.3, 0.4) is 0 Å². The van der Waals surface area contributed by atoms with E-state index >= 15 is 0 Å². The van der Waals surface area contributed by atoms with Crippen molar-refractivity contribution in [3.05, 3.63) is 0 Å². The van der Waals surface area contributed by atoms with Gasteiger partial charge in [0, 0.05) is 5.88 Å². The molecule has 0 aliphatic heterocycles. The molecule has 0 heterocycles. The van der Waals surface area contributed by atoms with Crippen molar-refractivity contribution >= 4 is 23.4 Å². The molecule has 0 aromatic heterocycles. The first-order valence-corrected chi connectivity index (χ1v) is 2.89. The van der Waals surface area contributed by atoms with E-state index in [0.29, 0.717) is 5.88 Å². The molecule has 0 aromatic carbocycles. The highest BCUT2D eigenvalue weighted by molar-refractivity contribution is 8.12. The first kappa shape index (κ1) is 7.45. The molecule has 0 spiro atoms. The van der Waals surface area contributed by atoms with Gasteiger partial charge in [-0.25, -0.2) is 4.79 Å². The van der Waals surface area contributed by atoms with E-state index in [0.717, 1.165) is 11.8 Å². The number of nitrogens with two attached hydrogens (primary N) is 1. The highest BCUT2D eigenvalue weighted by atomic mass is 32.2. The summed E-state index contributed by atoms with van der Waals surface area (Å²) in [7, 11) is 0. The van der Waals surface area contributed by atoms with Gasteiger partial charge in [-0.3, -0.25) is 0 Å². The standard InChI is InChI=1S/C3H6N2O2S/c4-1-8-2-5-3(6)7/h2H,1,4H2,(H,6,7). The minimum absolute atomic E-state index is 0.358. The Balaban J connectivity index is 3.20. The Bertz CT molecular complexity index is 103. The van der Waals surface area contributed by atoms with Gasteiger partial charge in [-0.05, 0) is 0 Å². The minimum Gasteiger partial charge on any atom is -0.463 e. The van der Waals surface area contributed by atoms with Crippen molar-refractivity contribution in [3.8, 4) is 0 Å². The Labute approximate surface area is 50.8 Å². The first-order valence-electron chi connectivity index (χ1n) is 1.84. The van der Waals surface area contributed by atoms with Crippen molar-refractivity contribution in [2.24, 2.45) is 10.7 Å². The van der Waals surface area contributed by atoms with E-state index in [2.05, 4.69) is 4.99 Å². The quantitative estimate of drug-likeness (QED) is 0.324. The molecule has 0 aliphatic carbocycles. The molecule has 4 nitrogen and oxygen atoms in total. The summed E-state index contributed by atoms with van der Waals surface area (Å²) in [6.45, 7) is 0. The Morgan fingerprint density at radius 3 is 3.00 bits per heavy atom. The van der Waals surface area contributed by atoms with Crippen LogP contribution in [0.5, 0.6) is 0 Å². The van der Waals surface area contributed by atoms with Crippen molar-refractivity contribution < 1.29 is 9.90 Å². The lowest BCUT2D eigenvalue weighted by Crippen LogP contribution is -1.92. The Morgan fingerprint density at radius 2 is 2.62 bits per heavy atom. The van der Waals surface area contributed by atoms with E-state index in [-0.39, 0.29) is 0 Å². The number of thioether (sulfide) groups is 1. The van der Waals surface area contributed by atoms with Crippen LogP contribution >= 0.6 is 11.8 Å². The fourth-order valence-corrected chi connectivity index (χ4v) is 0.376. The lowest BCUT2D eigenvalue weighted by Gasteiger charge is -1.79. The van der Waals surface area contributed by atoms with Gasteiger partial charge in [0.15, 0.2) is 0 Å². The van der Waals surface area contributed by atoms with Crippen molar-refractivity contribution in [2.45, 2.75) is 0 Å². The monoisotopic (exact) mass is 134 g/mol. The Morgan fingerprint density at radius 1 is 2.00 bits per heavy atom. The Kier molecular flexibility index (Phi) is 4.29. The van der Waals surface area contributed by atoms with Gasteiger partial charge >= 0.3 is 6.09 Å². The van der Waals surface area contributed by atoms with E-state index in [1.807, 2.05) is 0 Å². The van der Waals surface area contributed by atoms with E-state index < -0.39 is 6.09 Å². The summed E-state index contributed by atoms with van der Waals surface area (Å²) in [5.41, 5.74) is 6.19. The predicted octanol–water partition coefficient (Wildman–Crippen LogP) is 0.342. The topological polar surface area (TPSA) is 75.7 Å². The number of hydrogen-bond donors (Lipinski definition) is 2. The molecule has 0 unspecified atom stereocenters. The molecule has 8 heavy (non-hydrogen) atoms. The molecule has 0 fully saturated rings. The number of rotatable bonds is 2. The zero-order valence-corrected chi connectivity index (χ0v) is 4.89. The molecule has 0 rings (SSSR count). The zero-order chi connectivity index (χ0) is 6.41. The van der Waals surface area contributed by atoms with Gasteiger partial charge < -0.3 is 10.8 Å². The van der Waals surface area contributed by atoms with Gasteiger partial charge in [0.05, 0.1) is 5.55 Å². The fraction of sp³-hybridized carbons (Fsp3) is 0.333. The van der Waals surface area contributed by atoms with Crippen LogP contribution in [0.1, 0.15) is 0 Å². The summed E-state index contributed by atoms with van der Waals surface area (Å²) in [5.74, 6) is 0.358. The number of aliphatic imine (C=N–C) groups is 1. The van der Waals surface area contributed by atoms with Crippen LogP contribution < -0.4 is 5.73 Å². The molecule has 0 radical (unpaired) electrons. The second-order valence-corrected chi connectivity index (χ2v) is 1.73. The summed E-state index contributed by atoms with van der Waals surface area (Å²) >= 11 is 1.14. The van der Waals surface area contributed by atoms with E-state index in [1.54, 1.807) is 0 Å². The van der Waals surface area contributed by atoms with Crippen LogP contribution in [0.15, 0.2) is 4.99 Å². The van der Waals surface area contributed by atoms with Gasteiger partial charge in [-0.2, -0.15) is 4.99 Å². The van der Waals surface area contributed by atoms with Crippen molar-refractivity contribution in [1.29, 1.82) is 0 Å². The SMILES string of the molecule is NCSC=NC(=O)O. The molecule has 5 heteroatoms. The van der Waals surface area contributed by atoms with E-state index in [1.165, 1.54) is 5.55 Å². The van der Waals surface area contributed by atoms with Crippen LogP contribution in [0, 0.1) is 0 Å². The third-order valence-electron chi connectivity index (χ3n) is 0.334. The lowest BCUT2D eigenvalue weighted by molar-refractivity contribution is 0.206. The third kappa shape index (κ3) is 5.45. The summed E-state index contributed by atoms with van der Waals surface area (Å²) in [6.07, 6.45) is -1.19. The molecule has 0 aromatic rings. The van der Waals surface area contributed by atoms with Gasteiger partial charge in [0.25, 0.3) is 0 Å². The second kappa shape index (κ2) is 4.61. The molecule has 0 bridgehead atoms. The molecule has 0 saturated carbocycles. The molecule has 0 saturated heterocycles. The van der Waals surface area contributed by atoms with Gasteiger partial charge in [0.1, 0.15) is 0 Å². The van der Waals surface area contributed by atoms with E-state index in [4.69, 9.17) is 10.8 Å². The Hall–Kier alpha value is -0.550. The van der Waals surface area contributed by atoms with E-state index in [9.17, 15) is 4.79 Å². The van der Waals surface area contributed by atoms with Crippen LogP contribution in [0.4, 0.5) is 4.79 Å². The normalized spacial score (nSPS) is 10.1. The molecule has 1 amide bonds. The van der Waals surface area contributed by atoms with Gasteiger partial charge in [0.2, 0.25) is 0 Å². The summed E-state index contributed by atoms with van der Waals surface area (Å²) in [5, 5.41) is 7.89. The number of nitrogens with zero attached hydrogens (tertiary/aromatic N) is 1. The highest BCUT2D eigenvalue weighted by Gasteiger charge is 1.82. The smallest absolute Gasteiger partial charge is 0.431 e. The third-order valence-corrected chi connectivity index (χ3v) is 0.781. The number of carbonyl (C=O) groups is 1. The van der Waals surface area contributed by atoms with Gasteiger partial charge in [-0.15, -0.1) is 0 Å². The average molecular weight is 134 g/mol. The molecule has 3 N–H and O–H groups in total. The van der Waals surface area contributed by atoms with Crippen LogP contribution in [-0.4, -0.2) is 22.6 Å². The number of hydrogen-bond acceptors (Lipinski definition) is 3. The maximum atomic E-state index is 9.62. The molecular formula is C3H6N2O2S. The summed E-state index contributed by atoms with van der Waals surface area (Å²) < 4.78 is 0. The zero-order valence-electron chi connectivity index (χ0n) is 4.07. The second-order valence-electron chi connectivity index (χ2n) is 0.850. The van der Waals surface area contributed by atoms with Crippen LogP contribution in [-0.2, 0) is 0 Å². The maximum absolute atomic E-state index is 9.62. The highest BCUT2D eigenvalue weighted by Crippen LogP contribution is 1.86.